The first-order valence-electron chi connectivity index (χ1n) is 5.14. The summed E-state index contributed by atoms with van der Waals surface area (Å²) in [4.78, 5) is 10.7. The predicted octanol–water partition coefficient (Wildman–Crippen LogP) is 0.827. The molecule has 0 aliphatic carbocycles. The molecule has 0 aromatic heterocycles. The molecule has 0 saturated heterocycles. The van der Waals surface area contributed by atoms with Crippen LogP contribution in [0.4, 0.5) is 0 Å². The molecule has 0 fully saturated rings. The van der Waals surface area contributed by atoms with Crippen LogP contribution in [0.1, 0.15) is 22.8 Å². The molecule has 1 aromatic carbocycles. The van der Waals surface area contributed by atoms with Gasteiger partial charge in [-0.1, -0.05) is 18.1 Å². The second-order valence-corrected chi connectivity index (χ2v) is 5.32. The minimum atomic E-state index is -3.49. The third-order valence-electron chi connectivity index (χ3n) is 2.09. The normalized spacial score (nSPS) is 10.5. The largest absolute Gasteiger partial charge is 0.478 e. The van der Waals surface area contributed by atoms with Crippen LogP contribution in [-0.4, -0.2) is 26.0 Å². The Balaban J connectivity index is 2.79. The van der Waals surface area contributed by atoms with Crippen molar-refractivity contribution in [2.24, 2.45) is 0 Å². The number of aromatic carboxylic acids is 1. The van der Waals surface area contributed by atoms with Crippen LogP contribution in [0.3, 0.4) is 0 Å². The molecule has 0 unspecified atom stereocenters. The Morgan fingerprint density at radius 1 is 1.44 bits per heavy atom. The molecule has 6 heteroatoms. The van der Waals surface area contributed by atoms with Crippen molar-refractivity contribution in [2.75, 3.05) is 6.54 Å². The van der Waals surface area contributed by atoms with E-state index in [1.807, 2.05) is 0 Å². The summed E-state index contributed by atoms with van der Waals surface area (Å²) in [7, 11) is -3.49. The van der Waals surface area contributed by atoms with Crippen molar-refractivity contribution in [2.45, 2.75) is 12.7 Å². The lowest BCUT2D eigenvalue weighted by atomic mass is 10.1. The maximum atomic E-state index is 11.6. The minimum Gasteiger partial charge on any atom is -0.478 e. The van der Waals surface area contributed by atoms with E-state index in [9.17, 15) is 13.2 Å². The van der Waals surface area contributed by atoms with Gasteiger partial charge in [0.2, 0.25) is 10.0 Å². The quantitative estimate of drug-likeness (QED) is 0.774. The van der Waals surface area contributed by atoms with E-state index in [0.717, 1.165) is 0 Å². The number of sulfonamides is 1. The lowest BCUT2D eigenvalue weighted by molar-refractivity contribution is 0.0696. The Bertz CT molecular complexity index is 596. The number of hydrogen-bond donors (Lipinski definition) is 2. The van der Waals surface area contributed by atoms with Gasteiger partial charge in [-0.15, -0.1) is 5.92 Å². The summed E-state index contributed by atoms with van der Waals surface area (Å²) in [5.74, 6) is 3.81. The van der Waals surface area contributed by atoms with Crippen LogP contribution in [0, 0.1) is 11.8 Å². The van der Waals surface area contributed by atoms with Crippen LogP contribution in [0.25, 0.3) is 0 Å². The standard InChI is InChI=1S/C12H13NO4S/c1-2-3-7-13-18(16,17)9-10-5-4-6-11(8-10)12(14)15/h4-6,8,13H,7,9H2,1H3,(H,14,15). The summed E-state index contributed by atoms with van der Waals surface area (Å²) in [5, 5.41) is 8.80. The maximum absolute atomic E-state index is 11.6. The fraction of sp³-hybridized carbons (Fsp3) is 0.250. The number of rotatable bonds is 5. The van der Waals surface area contributed by atoms with Gasteiger partial charge in [-0.05, 0) is 24.6 Å². The maximum Gasteiger partial charge on any atom is 0.335 e. The summed E-state index contributed by atoms with van der Waals surface area (Å²) >= 11 is 0. The predicted molar refractivity (Wildman–Crippen MR) is 67.5 cm³/mol. The van der Waals surface area contributed by atoms with Gasteiger partial charge >= 0.3 is 5.97 Å². The third-order valence-corrected chi connectivity index (χ3v) is 3.39. The van der Waals surface area contributed by atoms with Crippen LogP contribution in [0.2, 0.25) is 0 Å². The Morgan fingerprint density at radius 3 is 2.78 bits per heavy atom. The molecule has 1 rings (SSSR count). The third kappa shape index (κ3) is 4.57. The highest BCUT2D eigenvalue weighted by Crippen LogP contribution is 2.08. The molecule has 2 N–H and O–H groups in total. The van der Waals surface area contributed by atoms with E-state index >= 15 is 0 Å². The molecule has 0 saturated carbocycles. The van der Waals surface area contributed by atoms with Gasteiger partial charge in [-0.3, -0.25) is 0 Å². The Hall–Kier alpha value is -1.84. The van der Waals surface area contributed by atoms with E-state index < -0.39 is 16.0 Å². The monoisotopic (exact) mass is 267 g/mol. The number of carbonyl (C=O) groups is 1. The van der Waals surface area contributed by atoms with E-state index in [0.29, 0.717) is 5.56 Å². The van der Waals surface area contributed by atoms with Crippen LogP contribution in [-0.2, 0) is 15.8 Å². The molecule has 0 aliphatic rings. The molecule has 96 valence electrons. The zero-order valence-electron chi connectivity index (χ0n) is 9.80. The van der Waals surface area contributed by atoms with Crippen molar-refractivity contribution in [1.82, 2.24) is 4.72 Å². The molecule has 0 heterocycles. The van der Waals surface area contributed by atoms with Crippen LogP contribution < -0.4 is 4.72 Å². The highest BCUT2D eigenvalue weighted by molar-refractivity contribution is 7.88. The Morgan fingerprint density at radius 2 is 2.17 bits per heavy atom. The minimum absolute atomic E-state index is 0.0530. The lowest BCUT2D eigenvalue weighted by Crippen LogP contribution is -2.25. The Kier molecular flexibility index (Phi) is 4.89. The summed E-state index contributed by atoms with van der Waals surface area (Å²) in [6, 6.07) is 5.83. The van der Waals surface area contributed by atoms with Crippen molar-refractivity contribution < 1.29 is 18.3 Å². The van der Waals surface area contributed by atoms with E-state index in [-0.39, 0.29) is 17.9 Å². The average molecular weight is 267 g/mol. The number of benzene rings is 1. The molecule has 0 aliphatic heterocycles. The van der Waals surface area contributed by atoms with Crippen LogP contribution >= 0.6 is 0 Å². The molecule has 0 atom stereocenters. The van der Waals surface area contributed by atoms with Crippen LogP contribution in [0.15, 0.2) is 24.3 Å². The molecule has 1 aromatic rings. The van der Waals surface area contributed by atoms with E-state index in [1.54, 1.807) is 13.0 Å². The van der Waals surface area contributed by atoms with Crippen molar-refractivity contribution >= 4 is 16.0 Å². The fourth-order valence-electron chi connectivity index (χ4n) is 1.30. The van der Waals surface area contributed by atoms with E-state index in [4.69, 9.17) is 5.11 Å². The van der Waals surface area contributed by atoms with Gasteiger partial charge in [0.1, 0.15) is 0 Å². The molecular formula is C12H13NO4S. The average Bonchev–Trinajstić information content (AvgIpc) is 2.28. The summed E-state index contributed by atoms with van der Waals surface area (Å²) in [5.41, 5.74) is 0.489. The fourth-order valence-corrected chi connectivity index (χ4v) is 2.31. The van der Waals surface area contributed by atoms with Crippen molar-refractivity contribution in [3.05, 3.63) is 35.4 Å². The van der Waals surface area contributed by atoms with Crippen molar-refractivity contribution in [3.8, 4) is 11.8 Å². The first kappa shape index (κ1) is 14.2. The number of carboxylic acid groups (broad SMARTS) is 1. The highest BCUT2D eigenvalue weighted by Gasteiger charge is 2.11. The van der Waals surface area contributed by atoms with Gasteiger partial charge in [-0.2, -0.15) is 0 Å². The van der Waals surface area contributed by atoms with Gasteiger partial charge in [0.25, 0.3) is 0 Å². The molecular weight excluding hydrogens is 254 g/mol. The van der Waals surface area contributed by atoms with Crippen molar-refractivity contribution in [3.63, 3.8) is 0 Å². The summed E-state index contributed by atoms with van der Waals surface area (Å²) in [6.45, 7) is 1.67. The van der Waals surface area contributed by atoms with Crippen LogP contribution in [0.5, 0.6) is 0 Å². The highest BCUT2D eigenvalue weighted by atomic mass is 32.2. The second-order valence-electron chi connectivity index (χ2n) is 3.51. The topological polar surface area (TPSA) is 83.5 Å². The summed E-state index contributed by atoms with van der Waals surface area (Å²) < 4.78 is 25.6. The first-order chi connectivity index (χ1) is 8.44. The number of carboxylic acids is 1. The van der Waals surface area contributed by atoms with E-state index in [2.05, 4.69) is 16.6 Å². The SMILES string of the molecule is CC#CCNS(=O)(=O)Cc1cccc(C(=O)O)c1. The number of nitrogens with one attached hydrogen (secondary N) is 1. The van der Waals surface area contributed by atoms with Gasteiger partial charge < -0.3 is 5.11 Å². The van der Waals surface area contributed by atoms with Gasteiger partial charge in [-0.25, -0.2) is 17.9 Å². The molecule has 0 bridgehead atoms. The molecule has 18 heavy (non-hydrogen) atoms. The van der Waals surface area contributed by atoms with E-state index in [1.165, 1.54) is 18.2 Å². The zero-order valence-corrected chi connectivity index (χ0v) is 10.6. The molecule has 5 nitrogen and oxygen atoms in total. The van der Waals surface area contributed by atoms with Gasteiger partial charge in [0.15, 0.2) is 0 Å². The first-order valence-corrected chi connectivity index (χ1v) is 6.79. The lowest BCUT2D eigenvalue weighted by Gasteiger charge is -2.04. The van der Waals surface area contributed by atoms with Gasteiger partial charge in [0, 0.05) is 0 Å². The zero-order chi connectivity index (χ0) is 13.6. The van der Waals surface area contributed by atoms with Gasteiger partial charge in [0.05, 0.1) is 17.9 Å². The molecule has 0 radical (unpaired) electrons. The molecule has 0 amide bonds. The Labute approximate surface area is 106 Å². The van der Waals surface area contributed by atoms with Crippen molar-refractivity contribution in [1.29, 1.82) is 0 Å². The second kappa shape index (κ2) is 6.19. The molecule has 0 spiro atoms. The number of hydrogen-bond acceptors (Lipinski definition) is 3. The summed E-state index contributed by atoms with van der Waals surface area (Å²) in [6.07, 6.45) is 0. The smallest absolute Gasteiger partial charge is 0.335 e.